The third kappa shape index (κ3) is 4.84. The van der Waals surface area contributed by atoms with E-state index in [9.17, 15) is 23.6 Å². The predicted octanol–water partition coefficient (Wildman–Crippen LogP) is 6.07. The van der Waals surface area contributed by atoms with E-state index in [-0.39, 0.29) is 43.2 Å². The van der Waals surface area contributed by atoms with Crippen molar-refractivity contribution in [2.45, 2.75) is 12.5 Å². The Hall–Kier alpha value is -2.97. The number of benzene rings is 3. The van der Waals surface area contributed by atoms with Crippen LogP contribution in [-0.4, -0.2) is 41.1 Å². The minimum atomic E-state index is -1.47. The maximum atomic E-state index is 13.3. The molecule has 0 aliphatic carbocycles. The molecule has 3 aromatic rings. The van der Waals surface area contributed by atoms with Crippen molar-refractivity contribution in [2.24, 2.45) is 0 Å². The highest BCUT2D eigenvalue weighted by Gasteiger charge is 2.47. The summed E-state index contributed by atoms with van der Waals surface area (Å²) in [5.74, 6) is -3.98. The molecule has 1 aliphatic rings. The molecule has 0 aromatic heterocycles. The van der Waals surface area contributed by atoms with Gasteiger partial charge in [-0.2, -0.15) is 0 Å². The molecule has 0 N–H and O–H groups in total. The fourth-order valence-corrected chi connectivity index (χ4v) is 4.73. The molecule has 1 aliphatic heterocycles. The molecule has 11 heteroatoms. The lowest BCUT2D eigenvalue weighted by molar-refractivity contribution is -0.147. The quantitative estimate of drug-likeness (QED) is 0.114. The minimum Gasteiger partial charge on any atom is -0.456 e. The van der Waals surface area contributed by atoms with Gasteiger partial charge >= 0.3 is 5.97 Å². The van der Waals surface area contributed by atoms with E-state index < -0.39 is 42.0 Å². The van der Waals surface area contributed by atoms with Crippen LogP contribution in [0.5, 0.6) is 0 Å². The molecule has 1 heterocycles. The van der Waals surface area contributed by atoms with Crippen molar-refractivity contribution >= 4 is 70.0 Å². The number of imide groups is 1. The van der Waals surface area contributed by atoms with Crippen molar-refractivity contribution in [3.63, 3.8) is 0 Å². The number of halogens is 5. The van der Waals surface area contributed by atoms with Crippen molar-refractivity contribution in [1.29, 1.82) is 0 Å². The van der Waals surface area contributed by atoms with Gasteiger partial charge in [0.25, 0.3) is 11.8 Å². The van der Waals surface area contributed by atoms with E-state index in [2.05, 4.69) is 0 Å². The molecule has 0 spiro atoms. The number of ether oxygens (including phenoxy) is 1. The highest BCUT2D eigenvalue weighted by atomic mass is 35.5. The third-order valence-corrected chi connectivity index (χ3v) is 7.30. The summed E-state index contributed by atoms with van der Waals surface area (Å²) >= 11 is 24.5. The average Bonchev–Trinajstić information content (AvgIpc) is 3.13. The first-order valence-corrected chi connectivity index (χ1v) is 11.9. The number of carbonyl (C=O) groups is 4. The molecule has 6 nitrogen and oxygen atoms in total. The van der Waals surface area contributed by atoms with Crippen LogP contribution < -0.4 is 0 Å². The van der Waals surface area contributed by atoms with Gasteiger partial charge in [-0.1, -0.05) is 76.7 Å². The second kappa shape index (κ2) is 10.6. The fraction of sp³-hybridized carbons (Fsp3) is 0.120. The van der Waals surface area contributed by atoms with Crippen molar-refractivity contribution in [3.8, 4) is 0 Å². The van der Waals surface area contributed by atoms with E-state index in [4.69, 9.17) is 51.1 Å². The predicted molar refractivity (Wildman–Crippen MR) is 133 cm³/mol. The molecule has 1 atom stereocenters. The summed E-state index contributed by atoms with van der Waals surface area (Å²) < 4.78 is 18.3. The normalized spacial score (nSPS) is 13.5. The zero-order valence-electron chi connectivity index (χ0n) is 18.1. The van der Waals surface area contributed by atoms with Crippen LogP contribution in [-0.2, 0) is 16.0 Å². The minimum absolute atomic E-state index is 0.118. The second-order valence-electron chi connectivity index (χ2n) is 7.73. The van der Waals surface area contributed by atoms with Crippen LogP contribution in [0.3, 0.4) is 0 Å². The molecule has 36 heavy (non-hydrogen) atoms. The van der Waals surface area contributed by atoms with Crippen LogP contribution in [0, 0.1) is 5.82 Å². The van der Waals surface area contributed by atoms with Gasteiger partial charge in [-0.05, 0) is 29.8 Å². The number of esters is 1. The number of Topliss-reactive ketones (excluding diaryl/α,β-unsaturated/α-hetero) is 1. The van der Waals surface area contributed by atoms with Crippen LogP contribution in [0.15, 0.2) is 54.6 Å². The topological polar surface area (TPSA) is 80.8 Å². The molecular formula is C25H14Cl4FNO5. The Balaban J connectivity index is 1.66. The largest absolute Gasteiger partial charge is 0.456 e. The monoisotopic (exact) mass is 567 g/mol. The van der Waals surface area contributed by atoms with Crippen LogP contribution in [0.25, 0.3) is 0 Å². The number of ketones is 1. The van der Waals surface area contributed by atoms with E-state index in [1.165, 1.54) is 12.1 Å². The van der Waals surface area contributed by atoms with Crippen molar-refractivity contribution in [3.05, 3.63) is 103 Å². The number of amides is 2. The van der Waals surface area contributed by atoms with E-state index >= 15 is 0 Å². The Labute approximate surface area is 224 Å². The molecule has 0 radical (unpaired) electrons. The van der Waals surface area contributed by atoms with Crippen LogP contribution in [0.2, 0.25) is 20.1 Å². The fourth-order valence-electron chi connectivity index (χ4n) is 3.72. The summed E-state index contributed by atoms with van der Waals surface area (Å²) in [6, 6.07) is 11.8. The Morgan fingerprint density at radius 1 is 0.806 bits per heavy atom. The summed E-state index contributed by atoms with van der Waals surface area (Å²) in [6.07, 6.45) is -0.118. The van der Waals surface area contributed by atoms with Gasteiger partial charge in [-0.25, -0.2) is 9.18 Å². The Bertz CT molecular complexity index is 1350. The first-order valence-electron chi connectivity index (χ1n) is 10.3. The molecule has 0 bridgehead atoms. The Morgan fingerprint density at radius 3 is 1.86 bits per heavy atom. The molecule has 0 unspecified atom stereocenters. The SMILES string of the molecule is O=C(COC(=O)[C@H](Cc1ccccc1)N1C(=O)c2c(Cl)c(Cl)c(Cl)c(Cl)c2C1=O)c1ccc(F)cc1. The van der Waals surface area contributed by atoms with Crippen molar-refractivity contribution < 1.29 is 28.3 Å². The van der Waals surface area contributed by atoms with E-state index in [0.717, 1.165) is 12.1 Å². The average molecular weight is 569 g/mol. The van der Waals surface area contributed by atoms with Crippen molar-refractivity contribution in [2.75, 3.05) is 6.61 Å². The molecule has 184 valence electrons. The molecule has 0 saturated heterocycles. The lowest BCUT2D eigenvalue weighted by Gasteiger charge is -2.24. The van der Waals surface area contributed by atoms with Gasteiger partial charge in [0.05, 0.1) is 31.2 Å². The molecule has 2 amide bonds. The summed E-state index contributed by atoms with van der Waals surface area (Å²) in [6.45, 7) is -0.696. The number of rotatable bonds is 7. The van der Waals surface area contributed by atoms with Gasteiger partial charge < -0.3 is 4.74 Å². The maximum absolute atomic E-state index is 13.3. The highest BCUT2D eigenvalue weighted by molar-refractivity contribution is 6.55. The van der Waals surface area contributed by atoms with Gasteiger partial charge in [0.15, 0.2) is 12.4 Å². The summed E-state index contributed by atoms with van der Waals surface area (Å²) in [7, 11) is 0. The first kappa shape index (κ1) is 26.1. The van der Waals surface area contributed by atoms with Crippen LogP contribution in [0.1, 0.15) is 36.6 Å². The van der Waals surface area contributed by atoms with Crippen LogP contribution in [0.4, 0.5) is 4.39 Å². The van der Waals surface area contributed by atoms with Gasteiger partial charge in [-0.3, -0.25) is 19.3 Å². The Kier molecular flexibility index (Phi) is 7.66. The second-order valence-corrected chi connectivity index (χ2v) is 9.24. The molecular weight excluding hydrogens is 555 g/mol. The van der Waals surface area contributed by atoms with Gasteiger partial charge in [0.2, 0.25) is 0 Å². The van der Waals surface area contributed by atoms with E-state index in [1.807, 2.05) is 0 Å². The van der Waals surface area contributed by atoms with E-state index in [1.54, 1.807) is 30.3 Å². The van der Waals surface area contributed by atoms with E-state index in [0.29, 0.717) is 10.5 Å². The molecule has 0 saturated carbocycles. The number of hydrogen-bond donors (Lipinski definition) is 0. The number of fused-ring (bicyclic) bond motifs is 1. The molecule has 0 fully saturated rings. The smallest absolute Gasteiger partial charge is 0.330 e. The molecule has 4 rings (SSSR count). The third-order valence-electron chi connectivity index (χ3n) is 5.50. The Morgan fingerprint density at radius 2 is 1.33 bits per heavy atom. The number of hydrogen-bond acceptors (Lipinski definition) is 5. The summed E-state index contributed by atoms with van der Waals surface area (Å²) in [5, 5.41) is -0.977. The van der Waals surface area contributed by atoms with Gasteiger partial charge in [-0.15, -0.1) is 0 Å². The number of carbonyl (C=O) groups excluding carboxylic acids is 4. The lowest BCUT2D eigenvalue weighted by atomic mass is 10.0. The number of nitrogens with zero attached hydrogens (tertiary/aromatic N) is 1. The van der Waals surface area contributed by atoms with Gasteiger partial charge in [0.1, 0.15) is 11.9 Å². The molecule has 3 aromatic carbocycles. The van der Waals surface area contributed by atoms with Gasteiger partial charge in [0, 0.05) is 12.0 Å². The summed E-state index contributed by atoms with van der Waals surface area (Å²) in [4.78, 5) is 52.9. The zero-order chi connectivity index (χ0) is 26.1. The highest BCUT2D eigenvalue weighted by Crippen LogP contribution is 2.45. The summed E-state index contributed by atoms with van der Waals surface area (Å²) in [5.41, 5.74) is 0.158. The zero-order valence-corrected chi connectivity index (χ0v) is 21.1. The van der Waals surface area contributed by atoms with Crippen LogP contribution >= 0.6 is 46.4 Å². The lowest BCUT2D eigenvalue weighted by Crippen LogP contribution is -2.47. The first-order chi connectivity index (χ1) is 17.1. The van der Waals surface area contributed by atoms with Crippen molar-refractivity contribution in [1.82, 2.24) is 4.90 Å². The standard InChI is InChI=1S/C25H14Cl4FNO5/c26-19-17-18(20(27)22(29)21(19)28)24(34)31(23(17)33)15(10-12-4-2-1-3-5-12)25(35)36-11-16(32)13-6-8-14(30)9-7-13/h1-9,15H,10-11H2/t15-/m0/s1. The maximum Gasteiger partial charge on any atom is 0.330 e.